The number of carbonyl (C=O) groups is 2. The molecule has 6 heteroatoms. The van der Waals surface area contributed by atoms with Crippen molar-refractivity contribution in [2.75, 3.05) is 6.54 Å². The summed E-state index contributed by atoms with van der Waals surface area (Å²) in [5, 5.41) is 15.8. The van der Waals surface area contributed by atoms with Crippen LogP contribution in [0.2, 0.25) is 0 Å². The molecule has 1 heterocycles. The normalized spacial score (nSPS) is 14.0. The van der Waals surface area contributed by atoms with Crippen molar-refractivity contribution in [1.29, 1.82) is 0 Å². The molecule has 1 aromatic heterocycles. The molecular weight excluding hydrogens is 234 g/mol. The van der Waals surface area contributed by atoms with E-state index in [0.29, 0.717) is 12.1 Å². The predicted molar refractivity (Wildman–Crippen MR) is 66.3 cm³/mol. The second-order valence-electron chi connectivity index (χ2n) is 4.70. The molecule has 100 valence electrons. The first-order valence-electron chi connectivity index (χ1n) is 5.82. The highest BCUT2D eigenvalue weighted by Gasteiger charge is 2.31. The molecule has 0 aliphatic carbocycles. The Balaban J connectivity index is 2.72. The van der Waals surface area contributed by atoms with Gasteiger partial charge in [-0.25, -0.2) is 0 Å². The number of aryl methyl sites for hydroxylation is 2. The number of carboxylic acids is 1. The molecule has 0 bridgehead atoms. The van der Waals surface area contributed by atoms with Crippen molar-refractivity contribution in [1.82, 2.24) is 15.1 Å². The van der Waals surface area contributed by atoms with Crippen molar-refractivity contribution >= 4 is 11.9 Å². The molecule has 0 aliphatic heterocycles. The molecule has 0 aliphatic rings. The molecule has 0 spiro atoms. The first-order chi connectivity index (χ1) is 8.30. The minimum Gasteiger partial charge on any atom is -0.481 e. The van der Waals surface area contributed by atoms with E-state index in [1.807, 2.05) is 0 Å². The number of hydrogen-bond acceptors (Lipinski definition) is 3. The van der Waals surface area contributed by atoms with Crippen LogP contribution in [-0.2, 0) is 11.8 Å². The van der Waals surface area contributed by atoms with E-state index in [1.54, 1.807) is 33.9 Å². The van der Waals surface area contributed by atoms with E-state index < -0.39 is 11.4 Å². The van der Waals surface area contributed by atoms with Crippen LogP contribution >= 0.6 is 0 Å². The van der Waals surface area contributed by atoms with Crippen molar-refractivity contribution in [3.05, 3.63) is 17.5 Å². The first kappa shape index (κ1) is 14.2. The molecule has 0 aromatic carbocycles. The molecule has 1 atom stereocenters. The summed E-state index contributed by atoms with van der Waals surface area (Å²) in [5.74, 6) is -1.22. The predicted octanol–water partition coefficient (Wildman–Crippen LogP) is 0.959. The second-order valence-corrected chi connectivity index (χ2v) is 4.70. The fourth-order valence-electron chi connectivity index (χ4n) is 1.54. The molecule has 1 rings (SSSR count). The number of nitrogens with one attached hydrogen (secondary N) is 1. The van der Waals surface area contributed by atoms with Crippen LogP contribution in [0.5, 0.6) is 0 Å². The van der Waals surface area contributed by atoms with Crippen LogP contribution in [0, 0.1) is 12.3 Å². The van der Waals surface area contributed by atoms with Crippen molar-refractivity contribution in [3.63, 3.8) is 0 Å². The Morgan fingerprint density at radius 1 is 1.56 bits per heavy atom. The molecule has 1 unspecified atom stereocenters. The monoisotopic (exact) mass is 253 g/mol. The highest BCUT2D eigenvalue weighted by atomic mass is 16.4. The smallest absolute Gasteiger partial charge is 0.311 e. The minimum absolute atomic E-state index is 0.0991. The lowest BCUT2D eigenvalue weighted by atomic mass is 9.88. The van der Waals surface area contributed by atoms with E-state index >= 15 is 0 Å². The summed E-state index contributed by atoms with van der Waals surface area (Å²) in [5.41, 5.74) is 0.235. The third-order valence-electron chi connectivity index (χ3n) is 3.17. The zero-order chi connectivity index (χ0) is 13.9. The maximum Gasteiger partial charge on any atom is 0.311 e. The molecule has 0 fully saturated rings. The van der Waals surface area contributed by atoms with Crippen molar-refractivity contribution < 1.29 is 14.7 Å². The van der Waals surface area contributed by atoms with Crippen molar-refractivity contribution in [2.24, 2.45) is 12.5 Å². The third kappa shape index (κ3) is 2.88. The third-order valence-corrected chi connectivity index (χ3v) is 3.17. The van der Waals surface area contributed by atoms with Crippen LogP contribution in [0.1, 0.15) is 36.5 Å². The van der Waals surface area contributed by atoms with Gasteiger partial charge < -0.3 is 10.4 Å². The van der Waals surface area contributed by atoms with Crippen LogP contribution in [0.3, 0.4) is 0 Å². The topological polar surface area (TPSA) is 84.2 Å². The van der Waals surface area contributed by atoms with Crippen LogP contribution in [0.25, 0.3) is 0 Å². The Morgan fingerprint density at radius 2 is 2.17 bits per heavy atom. The standard InChI is InChI=1S/C12H19N3O3/c1-5-12(3,11(17)18)7-13-10(16)9-6-8(2)14-15(9)4/h6H,5,7H2,1-4H3,(H,13,16)(H,17,18). The van der Waals surface area contributed by atoms with Gasteiger partial charge in [0.05, 0.1) is 11.1 Å². The SMILES string of the molecule is CCC(C)(CNC(=O)c1cc(C)nn1C)C(=O)O. The van der Waals surface area contributed by atoms with Gasteiger partial charge >= 0.3 is 5.97 Å². The maximum absolute atomic E-state index is 11.9. The van der Waals surface area contributed by atoms with Gasteiger partial charge in [0.1, 0.15) is 5.69 Å². The molecule has 18 heavy (non-hydrogen) atoms. The summed E-state index contributed by atoms with van der Waals surface area (Å²) in [6, 6.07) is 1.67. The lowest BCUT2D eigenvalue weighted by Crippen LogP contribution is -2.41. The summed E-state index contributed by atoms with van der Waals surface area (Å²) in [7, 11) is 1.68. The lowest BCUT2D eigenvalue weighted by Gasteiger charge is -2.23. The number of aromatic nitrogens is 2. The maximum atomic E-state index is 11.9. The summed E-state index contributed by atoms with van der Waals surface area (Å²) in [6.07, 6.45) is 0.451. The second kappa shape index (κ2) is 5.20. The van der Waals surface area contributed by atoms with Gasteiger partial charge in [0.15, 0.2) is 0 Å². The number of nitrogens with zero attached hydrogens (tertiary/aromatic N) is 2. The number of hydrogen-bond donors (Lipinski definition) is 2. The Bertz CT molecular complexity index is 467. The van der Waals surface area contributed by atoms with Gasteiger partial charge in [0.25, 0.3) is 5.91 Å². The Morgan fingerprint density at radius 3 is 2.56 bits per heavy atom. The molecular formula is C12H19N3O3. The fourth-order valence-corrected chi connectivity index (χ4v) is 1.54. The van der Waals surface area contributed by atoms with Crippen LogP contribution in [0.4, 0.5) is 0 Å². The molecule has 0 radical (unpaired) electrons. The average molecular weight is 253 g/mol. The lowest BCUT2D eigenvalue weighted by molar-refractivity contribution is -0.147. The van der Waals surface area contributed by atoms with Crippen molar-refractivity contribution in [2.45, 2.75) is 27.2 Å². The van der Waals surface area contributed by atoms with E-state index in [2.05, 4.69) is 10.4 Å². The fraction of sp³-hybridized carbons (Fsp3) is 0.583. The van der Waals surface area contributed by atoms with E-state index in [-0.39, 0.29) is 12.5 Å². The Labute approximate surface area is 106 Å². The van der Waals surface area contributed by atoms with Gasteiger partial charge in [-0.2, -0.15) is 5.10 Å². The first-order valence-corrected chi connectivity index (χ1v) is 5.82. The number of rotatable bonds is 5. The number of carboxylic acid groups (broad SMARTS) is 1. The molecule has 6 nitrogen and oxygen atoms in total. The van der Waals surface area contributed by atoms with E-state index in [9.17, 15) is 9.59 Å². The number of carbonyl (C=O) groups excluding carboxylic acids is 1. The van der Waals surface area contributed by atoms with Crippen molar-refractivity contribution in [3.8, 4) is 0 Å². The van der Waals surface area contributed by atoms with Crippen LogP contribution in [-0.4, -0.2) is 33.3 Å². The zero-order valence-electron chi connectivity index (χ0n) is 11.1. The summed E-state index contributed by atoms with van der Waals surface area (Å²) in [6.45, 7) is 5.30. The highest BCUT2D eigenvalue weighted by molar-refractivity contribution is 5.93. The summed E-state index contributed by atoms with van der Waals surface area (Å²) >= 11 is 0. The number of amides is 1. The minimum atomic E-state index is -0.941. The largest absolute Gasteiger partial charge is 0.481 e. The van der Waals surface area contributed by atoms with Crippen LogP contribution in [0.15, 0.2) is 6.07 Å². The summed E-state index contributed by atoms with van der Waals surface area (Å²) in [4.78, 5) is 23.0. The van der Waals surface area contributed by atoms with Crippen LogP contribution < -0.4 is 5.32 Å². The van der Waals surface area contributed by atoms with E-state index in [1.165, 1.54) is 4.68 Å². The van der Waals surface area contributed by atoms with Gasteiger partial charge in [-0.15, -0.1) is 0 Å². The Kier molecular flexibility index (Phi) is 4.11. The van der Waals surface area contributed by atoms with E-state index in [0.717, 1.165) is 5.69 Å². The Hall–Kier alpha value is -1.85. The molecule has 0 saturated heterocycles. The van der Waals surface area contributed by atoms with E-state index in [4.69, 9.17) is 5.11 Å². The zero-order valence-corrected chi connectivity index (χ0v) is 11.1. The van der Waals surface area contributed by atoms with Gasteiger partial charge in [-0.3, -0.25) is 14.3 Å². The summed E-state index contributed by atoms with van der Waals surface area (Å²) < 4.78 is 1.48. The average Bonchev–Trinajstić information content (AvgIpc) is 2.64. The highest BCUT2D eigenvalue weighted by Crippen LogP contribution is 2.20. The quantitative estimate of drug-likeness (QED) is 0.818. The van der Waals surface area contributed by atoms with Gasteiger partial charge in [0, 0.05) is 13.6 Å². The van der Waals surface area contributed by atoms with Gasteiger partial charge in [-0.05, 0) is 26.3 Å². The molecule has 1 aromatic rings. The van der Waals surface area contributed by atoms with Gasteiger partial charge in [0.2, 0.25) is 0 Å². The molecule has 1 amide bonds. The number of aliphatic carboxylic acids is 1. The van der Waals surface area contributed by atoms with Gasteiger partial charge in [-0.1, -0.05) is 6.92 Å². The molecule has 0 saturated carbocycles. The molecule has 2 N–H and O–H groups in total.